The molecule has 2 aromatic heterocycles. The van der Waals surface area contributed by atoms with Crippen molar-refractivity contribution in [3.8, 4) is 11.5 Å². The van der Waals surface area contributed by atoms with E-state index in [0.29, 0.717) is 0 Å². The van der Waals surface area contributed by atoms with E-state index in [4.69, 9.17) is 18.3 Å². The molecule has 0 radical (unpaired) electrons. The van der Waals surface area contributed by atoms with Crippen LogP contribution < -0.4 is 19.3 Å². The van der Waals surface area contributed by atoms with Crippen LogP contribution in [0.4, 0.5) is 22.7 Å². The van der Waals surface area contributed by atoms with E-state index in [0.717, 1.165) is 21.9 Å². The summed E-state index contributed by atoms with van der Waals surface area (Å²) in [5.41, 5.74) is -1.69. The van der Waals surface area contributed by atoms with Crippen LogP contribution in [0.3, 0.4) is 0 Å². The Bertz CT molecular complexity index is 1970. The Hall–Kier alpha value is -6.40. The van der Waals surface area contributed by atoms with Crippen molar-refractivity contribution in [1.29, 1.82) is 0 Å². The molecule has 0 spiro atoms. The lowest BCUT2D eigenvalue weighted by atomic mass is 9.87. The second-order valence-electron chi connectivity index (χ2n) is 11.9. The predicted molar refractivity (Wildman–Crippen MR) is 165 cm³/mol. The Morgan fingerprint density at radius 2 is 1.00 bits per heavy atom. The van der Waals surface area contributed by atoms with Crippen LogP contribution in [0.2, 0.25) is 0 Å². The van der Waals surface area contributed by atoms with E-state index >= 15 is 0 Å². The molecular formula is C32H24N6O12. The molecule has 254 valence electrons. The largest absolute Gasteiger partial charge is 0.496 e. The van der Waals surface area contributed by atoms with Crippen LogP contribution in [-0.4, -0.2) is 69.8 Å². The number of nitro groups is 2. The fraction of sp³-hybridized carbons (Fsp3) is 0.250. The summed E-state index contributed by atoms with van der Waals surface area (Å²) in [6.07, 6.45) is 2.68. The zero-order valence-corrected chi connectivity index (χ0v) is 26.0. The third-order valence-electron chi connectivity index (χ3n) is 9.63. The second-order valence-corrected chi connectivity index (χ2v) is 11.9. The smallest absolute Gasteiger partial charge is 0.297 e. The van der Waals surface area contributed by atoms with Crippen molar-refractivity contribution >= 4 is 46.4 Å². The number of amides is 4. The summed E-state index contributed by atoms with van der Waals surface area (Å²) in [4.78, 5) is 82.2. The predicted octanol–water partition coefficient (Wildman–Crippen LogP) is 3.15. The van der Waals surface area contributed by atoms with Crippen LogP contribution in [0.25, 0.3) is 0 Å². The van der Waals surface area contributed by atoms with Gasteiger partial charge in [0.05, 0.1) is 72.6 Å². The molecule has 4 saturated heterocycles. The monoisotopic (exact) mass is 684 g/mol. The highest BCUT2D eigenvalue weighted by Crippen LogP contribution is 2.60. The van der Waals surface area contributed by atoms with Gasteiger partial charge in [0.2, 0.25) is 11.8 Å². The summed E-state index contributed by atoms with van der Waals surface area (Å²) < 4.78 is 21.8. The van der Waals surface area contributed by atoms with Gasteiger partial charge >= 0.3 is 0 Å². The molecule has 0 N–H and O–H groups in total. The fourth-order valence-corrected chi connectivity index (χ4v) is 7.72. The zero-order valence-electron chi connectivity index (χ0n) is 26.0. The number of nitro benzene ring substituents is 2. The van der Waals surface area contributed by atoms with Gasteiger partial charge in [-0.15, -0.1) is 0 Å². The number of methoxy groups -OCH3 is 2. The first kappa shape index (κ1) is 30.9. The number of hydrogen-bond acceptors (Lipinski definition) is 14. The topological polar surface area (TPSA) is 212 Å². The molecule has 4 fully saturated rings. The second kappa shape index (κ2) is 11.1. The third kappa shape index (κ3) is 4.08. The normalized spacial score (nSPS) is 26.0. The van der Waals surface area contributed by atoms with Gasteiger partial charge in [0, 0.05) is 0 Å². The lowest BCUT2D eigenvalue weighted by molar-refractivity contribution is -0.384. The van der Waals surface area contributed by atoms with Gasteiger partial charge < -0.3 is 18.3 Å². The number of furan rings is 2. The number of ether oxygens (including phenoxy) is 2. The Balaban J connectivity index is 1.29. The van der Waals surface area contributed by atoms with E-state index in [-0.39, 0.29) is 34.4 Å². The van der Waals surface area contributed by atoms with Crippen molar-refractivity contribution in [3.63, 3.8) is 0 Å². The average Bonchev–Trinajstić information content (AvgIpc) is 3.95. The zero-order chi connectivity index (χ0) is 35.2. The molecule has 18 nitrogen and oxygen atoms in total. The minimum absolute atomic E-state index is 0.128. The Morgan fingerprint density at radius 3 is 1.32 bits per heavy atom. The first-order valence-corrected chi connectivity index (χ1v) is 15.1. The molecule has 6 atom stereocenters. The van der Waals surface area contributed by atoms with Crippen molar-refractivity contribution in [2.24, 2.45) is 11.8 Å². The number of fused-ring (bicyclic) bond motifs is 5. The molecule has 18 heteroatoms. The number of carbonyl (C=O) groups is 4. The molecule has 4 amide bonds. The Morgan fingerprint density at radius 1 is 0.600 bits per heavy atom. The molecule has 8 rings (SSSR count). The highest BCUT2D eigenvalue weighted by atomic mass is 16.6. The van der Waals surface area contributed by atoms with E-state index in [1.165, 1.54) is 61.0 Å². The number of anilines is 2. The van der Waals surface area contributed by atoms with Crippen LogP contribution in [0.15, 0.2) is 82.0 Å². The number of hydrogen-bond donors (Lipinski definition) is 0. The van der Waals surface area contributed by atoms with Crippen molar-refractivity contribution in [2.45, 2.75) is 24.2 Å². The van der Waals surface area contributed by atoms with E-state index in [1.807, 2.05) is 0 Å². The summed E-state index contributed by atoms with van der Waals surface area (Å²) in [6, 6.07) is 8.54. The highest BCUT2D eigenvalue weighted by Gasteiger charge is 2.75. The summed E-state index contributed by atoms with van der Waals surface area (Å²) in [6.45, 7) is 0. The summed E-state index contributed by atoms with van der Waals surface area (Å²) in [5, 5.41) is 27.2. The SMILES string of the molecule is COc1ccc(N2C(=O)C3C(C2=O)N2C(c4ccco4)C4C(=O)N(c5ccc(OC)cc5[N+](=O)[O-])C(=O)C4N2C3c2ccco2)c([N+](=O)[O-])c1. The number of hydrazine groups is 1. The maximum absolute atomic E-state index is 14.5. The molecule has 0 aliphatic carbocycles. The molecule has 6 heterocycles. The quantitative estimate of drug-likeness (QED) is 0.148. The number of rotatable bonds is 8. The van der Waals surface area contributed by atoms with Crippen LogP contribution in [0.5, 0.6) is 11.5 Å². The van der Waals surface area contributed by atoms with Crippen LogP contribution in [-0.2, 0) is 19.2 Å². The van der Waals surface area contributed by atoms with Crippen molar-refractivity contribution in [1.82, 2.24) is 10.0 Å². The van der Waals surface area contributed by atoms with Crippen LogP contribution >= 0.6 is 0 Å². The summed E-state index contributed by atoms with van der Waals surface area (Å²) in [7, 11) is 2.63. The first-order valence-electron chi connectivity index (χ1n) is 15.1. The first-order chi connectivity index (χ1) is 24.1. The van der Waals surface area contributed by atoms with Crippen LogP contribution in [0.1, 0.15) is 23.6 Å². The molecule has 0 saturated carbocycles. The van der Waals surface area contributed by atoms with Gasteiger partial charge in [-0.05, 0) is 48.5 Å². The van der Waals surface area contributed by atoms with Crippen molar-refractivity contribution < 1.29 is 47.3 Å². The summed E-state index contributed by atoms with van der Waals surface area (Å²) in [5.74, 6) is -5.26. The maximum Gasteiger partial charge on any atom is 0.297 e. The average molecular weight is 685 g/mol. The molecule has 2 aromatic carbocycles. The highest BCUT2D eigenvalue weighted by molar-refractivity contribution is 6.27. The number of imide groups is 2. The van der Waals surface area contributed by atoms with E-state index in [2.05, 4.69) is 0 Å². The molecule has 0 bridgehead atoms. The lowest BCUT2D eigenvalue weighted by Gasteiger charge is -2.34. The minimum Gasteiger partial charge on any atom is -0.496 e. The van der Waals surface area contributed by atoms with E-state index in [1.54, 1.807) is 24.3 Å². The minimum atomic E-state index is -1.37. The van der Waals surface area contributed by atoms with Gasteiger partial charge in [-0.3, -0.25) is 39.4 Å². The Kier molecular flexibility index (Phi) is 6.84. The molecule has 4 aliphatic rings. The molecule has 4 aliphatic heterocycles. The van der Waals surface area contributed by atoms with Gasteiger partial charge in [0.1, 0.15) is 46.5 Å². The molecule has 6 unspecified atom stereocenters. The van der Waals surface area contributed by atoms with Gasteiger partial charge in [0.25, 0.3) is 23.2 Å². The summed E-state index contributed by atoms with van der Waals surface area (Å²) >= 11 is 0. The molecule has 4 aromatic rings. The standard InChI is InChI=1S/C32H24N6O12/c1-47-15-7-9-17(19(13-15)37(43)44)33-29(39)23-25(21-5-3-11-49-21)36-28-24(26(22-6-4-12-50-22)35(36)27(23)31(33)41)30(40)34(32(28)42)18-10-8-16(48-2)14-20(18)38(45)46/h3-14,23-28H,1-2H3. The van der Waals surface area contributed by atoms with Crippen LogP contribution in [0, 0.1) is 32.1 Å². The van der Waals surface area contributed by atoms with E-state index in [9.17, 15) is 39.4 Å². The van der Waals surface area contributed by atoms with Gasteiger partial charge in [-0.25, -0.2) is 19.8 Å². The van der Waals surface area contributed by atoms with Gasteiger partial charge in [0.15, 0.2) is 0 Å². The fourth-order valence-electron chi connectivity index (χ4n) is 7.72. The van der Waals surface area contributed by atoms with Gasteiger partial charge in [-0.2, -0.15) is 0 Å². The molecule has 50 heavy (non-hydrogen) atoms. The van der Waals surface area contributed by atoms with Crippen molar-refractivity contribution in [3.05, 3.63) is 105 Å². The number of nitrogens with zero attached hydrogens (tertiary/aromatic N) is 6. The lowest BCUT2D eigenvalue weighted by Crippen LogP contribution is -2.50. The molecular weight excluding hydrogens is 660 g/mol. The number of carbonyl (C=O) groups excluding carboxylic acids is 4. The maximum atomic E-state index is 14.5. The van der Waals surface area contributed by atoms with Gasteiger partial charge in [-0.1, -0.05) is 0 Å². The van der Waals surface area contributed by atoms with E-state index < -0.39 is 80.9 Å². The third-order valence-corrected chi connectivity index (χ3v) is 9.63. The Labute approximate surface area is 280 Å². The van der Waals surface area contributed by atoms with Crippen molar-refractivity contribution in [2.75, 3.05) is 24.0 Å². The number of benzene rings is 2.